The third-order valence-corrected chi connectivity index (χ3v) is 1.34. The zero-order valence-electron chi connectivity index (χ0n) is 11.6. The van der Waals surface area contributed by atoms with E-state index in [2.05, 4.69) is 0 Å². The lowest BCUT2D eigenvalue weighted by molar-refractivity contribution is -0.497. The molecule has 0 aliphatic heterocycles. The van der Waals surface area contributed by atoms with Crippen molar-refractivity contribution >= 4 is 0 Å². The summed E-state index contributed by atoms with van der Waals surface area (Å²) in [4.78, 5) is 20.8. The molecule has 0 fully saturated rings. The molecule has 98 valence electrons. The smallest absolute Gasteiger partial charge is 0.224 e. The van der Waals surface area contributed by atoms with Crippen LogP contribution < -0.4 is 0 Å². The van der Waals surface area contributed by atoms with Gasteiger partial charge in [-0.05, 0) is 41.5 Å². The zero-order chi connectivity index (χ0) is 12.8. The highest BCUT2D eigenvalue weighted by Gasteiger charge is 2.20. The van der Waals surface area contributed by atoms with Crippen molar-refractivity contribution in [3.63, 3.8) is 0 Å². The second kappa shape index (κ2) is 6.55. The minimum Gasteiger partial charge on any atom is -0.228 e. The monoisotopic (exact) mass is 234 g/mol. The summed E-state index contributed by atoms with van der Waals surface area (Å²) in [6.45, 7) is 13.6. The molecule has 0 bridgehead atoms. The first-order valence-electron chi connectivity index (χ1n) is 5.83. The molecule has 0 aliphatic carbocycles. The highest BCUT2D eigenvalue weighted by molar-refractivity contribution is 4.56. The Hall–Kier alpha value is -0.160. The minimum atomic E-state index is -0.483. The van der Waals surface area contributed by atoms with Crippen LogP contribution in [0.5, 0.6) is 0 Å². The second-order valence-corrected chi connectivity index (χ2v) is 5.80. The lowest BCUT2D eigenvalue weighted by atomic mass is 10.2. The Kier molecular flexibility index (Phi) is 6.48. The van der Waals surface area contributed by atoms with Crippen molar-refractivity contribution in [1.29, 1.82) is 0 Å². The quantitative estimate of drug-likeness (QED) is 0.400. The molecule has 0 aromatic heterocycles. The molecule has 0 atom stereocenters. The van der Waals surface area contributed by atoms with Crippen LogP contribution in [0.1, 0.15) is 61.3 Å². The van der Waals surface area contributed by atoms with Crippen LogP contribution in [0.2, 0.25) is 0 Å². The van der Waals surface area contributed by atoms with Gasteiger partial charge in [0.05, 0.1) is 11.2 Å². The molecule has 0 unspecified atom stereocenters. The van der Waals surface area contributed by atoms with E-state index in [1.807, 2.05) is 48.5 Å². The van der Waals surface area contributed by atoms with Crippen molar-refractivity contribution in [2.24, 2.45) is 0 Å². The maximum atomic E-state index is 5.20. The molecule has 0 saturated heterocycles. The fourth-order valence-corrected chi connectivity index (χ4v) is 0.744. The largest absolute Gasteiger partial charge is 0.228 e. The summed E-state index contributed by atoms with van der Waals surface area (Å²) in [6.07, 6.45) is 1.18. The molecule has 0 amide bonds. The van der Waals surface area contributed by atoms with Crippen LogP contribution in [0.15, 0.2) is 0 Å². The van der Waals surface area contributed by atoms with Gasteiger partial charge in [-0.25, -0.2) is 19.6 Å². The number of hydrogen-bond donors (Lipinski definition) is 0. The van der Waals surface area contributed by atoms with Gasteiger partial charge in [0.15, 0.2) is 0 Å². The highest BCUT2D eigenvalue weighted by atomic mass is 17.3. The van der Waals surface area contributed by atoms with Crippen molar-refractivity contribution in [3.05, 3.63) is 0 Å². The van der Waals surface area contributed by atoms with Gasteiger partial charge in [0.25, 0.3) is 0 Å². The average Bonchev–Trinajstić information content (AvgIpc) is 2.07. The maximum absolute atomic E-state index is 5.20. The van der Waals surface area contributed by atoms with Gasteiger partial charge >= 0.3 is 0 Å². The van der Waals surface area contributed by atoms with E-state index in [-0.39, 0.29) is 11.2 Å². The van der Waals surface area contributed by atoms with E-state index < -0.39 is 6.29 Å². The molecular formula is C12H26O4. The molecule has 0 rings (SSSR count). The molecule has 0 saturated carbocycles. The van der Waals surface area contributed by atoms with E-state index in [0.717, 1.165) is 12.8 Å². The first-order valence-corrected chi connectivity index (χ1v) is 5.83. The molecule has 16 heavy (non-hydrogen) atoms. The molecule has 0 N–H and O–H groups in total. The second-order valence-electron chi connectivity index (χ2n) is 5.80. The van der Waals surface area contributed by atoms with Crippen LogP contribution in [0.3, 0.4) is 0 Å². The van der Waals surface area contributed by atoms with Crippen LogP contribution >= 0.6 is 0 Å². The van der Waals surface area contributed by atoms with Crippen molar-refractivity contribution in [2.45, 2.75) is 78.8 Å². The predicted octanol–water partition coefficient (Wildman–Crippen LogP) is 3.61. The van der Waals surface area contributed by atoms with E-state index in [0.29, 0.717) is 0 Å². The van der Waals surface area contributed by atoms with E-state index >= 15 is 0 Å². The van der Waals surface area contributed by atoms with Gasteiger partial charge in [0.2, 0.25) is 6.29 Å². The third-order valence-electron chi connectivity index (χ3n) is 1.34. The minimum absolute atomic E-state index is 0.350. The van der Waals surface area contributed by atoms with Crippen molar-refractivity contribution in [1.82, 2.24) is 0 Å². The van der Waals surface area contributed by atoms with Crippen LogP contribution in [-0.2, 0) is 19.6 Å². The summed E-state index contributed by atoms with van der Waals surface area (Å²) in [5.41, 5.74) is -0.700. The van der Waals surface area contributed by atoms with Gasteiger partial charge in [0.1, 0.15) is 0 Å². The molecule has 0 spiro atoms. The van der Waals surface area contributed by atoms with Gasteiger partial charge in [-0.2, -0.15) is 0 Å². The van der Waals surface area contributed by atoms with E-state index in [1.165, 1.54) is 0 Å². The Labute approximate surface area is 99.1 Å². The summed E-state index contributed by atoms with van der Waals surface area (Å²) >= 11 is 0. The van der Waals surface area contributed by atoms with Gasteiger partial charge < -0.3 is 0 Å². The molecule has 0 heterocycles. The van der Waals surface area contributed by atoms with Crippen LogP contribution in [0, 0.1) is 0 Å². The first-order chi connectivity index (χ1) is 7.14. The molecule has 4 heteroatoms. The summed E-state index contributed by atoms with van der Waals surface area (Å²) in [7, 11) is 0. The van der Waals surface area contributed by atoms with E-state index in [1.54, 1.807) is 0 Å². The molecule has 0 radical (unpaired) electrons. The Balaban J connectivity index is 3.98. The Bertz CT molecular complexity index is 160. The summed E-state index contributed by atoms with van der Waals surface area (Å²) in [6, 6.07) is 0. The maximum Gasteiger partial charge on any atom is 0.224 e. The Morgan fingerprint density at radius 2 is 1.19 bits per heavy atom. The Morgan fingerprint density at radius 1 is 0.812 bits per heavy atom. The summed E-state index contributed by atoms with van der Waals surface area (Å²) in [5, 5.41) is 0. The van der Waals surface area contributed by atoms with Gasteiger partial charge in [-0.3, -0.25) is 0 Å². The standard InChI is InChI=1S/C12H26O4/c1-8-9-10(13-15-11(2,3)4)14-16-12(5,6)7/h10H,8-9H2,1-7H3. The summed E-state index contributed by atoms with van der Waals surface area (Å²) < 4.78 is 0. The van der Waals surface area contributed by atoms with Gasteiger partial charge in [-0.15, -0.1) is 0 Å². The van der Waals surface area contributed by atoms with E-state index in [9.17, 15) is 0 Å². The molecule has 4 nitrogen and oxygen atoms in total. The fraction of sp³-hybridized carbons (Fsp3) is 1.00. The molecule has 0 aromatic carbocycles. The van der Waals surface area contributed by atoms with E-state index in [4.69, 9.17) is 19.6 Å². The topological polar surface area (TPSA) is 36.9 Å². The van der Waals surface area contributed by atoms with Crippen molar-refractivity contribution in [2.75, 3.05) is 0 Å². The molecular weight excluding hydrogens is 208 g/mol. The van der Waals surface area contributed by atoms with Gasteiger partial charge in [-0.1, -0.05) is 13.3 Å². The predicted molar refractivity (Wildman–Crippen MR) is 62.5 cm³/mol. The fourth-order valence-electron chi connectivity index (χ4n) is 0.744. The average molecular weight is 234 g/mol. The Morgan fingerprint density at radius 3 is 1.44 bits per heavy atom. The van der Waals surface area contributed by atoms with Crippen molar-refractivity contribution < 1.29 is 19.6 Å². The number of hydrogen-bond acceptors (Lipinski definition) is 4. The van der Waals surface area contributed by atoms with Crippen LogP contribution in [0.25, 0.3) is 0 Å². The lowest BCUT2D eigenvalue weighted by Gasteiger charge is -2.25. The highest BCUT2D eigenvalue weighted by Crippen LogP contribution is 2.16. The van der Waals surface area contributed by atoms with Crippen molar-refractivity contribution in [3.8, 4) is 0 Å². The summed E-state index contributed by atoms with van der Waals surface area (Å²) in [5.74, 6) is 0. The first kappa shape index (κ1) is 15.8. The zero-order valence-corrected chi connectivity index (χ0v) is 11.6. The lowest BCUT2D eigenvalue weighted by Crippen LogP contribution is -2.29. The third kappa shape index (κ3) is 10.4. The molecule has 0 aliphatic rings. The molecule has 0 aromatic rings. The number of rotatable bonds is 6. The van der Waals surface area contributed by atoms with Gasteiger partial charge in [0, 0.05) is 6.42 Å². The van der Waals surface area contributed by atoms with Crippen LogP contribution in [-0.4, -0.2) is 17.5 Å². The van der Waals surface area contributed by atoms with Crippen LogP contribution in [0.4, 0.5) is 0 Å². The SMILES string of the molecule is CCCC(OOC(C)(C)C)OOC(C)(C)C. The normalized spacial score (nSPS) is 13.5.